The summed E-state index contributed by atoms with van der Waals surface area (Å²) in [6, 6.07) is 9.01. The molecule has 1 heterocycles. The topological polar surface area (TPSA) is 21.3 Å². The average molecular weight is 275 g/mol. The highest BCUT2D eigenvalue weighted by molar-refractivity contribution is 5.22. The maximum absolute atomic E-state index is 5.59. The Morgan fingerprint density at radius 3 is 2.25 bits per heavy atom. The van der Waals surface area contributed by atoms with E-state index < -0.39 is 0 Å². The van der Waals surface area contributed by atoms with Crippen LogP contribution in [0.5, 0.6) is 0 Å². The van der Waals surface area contributed by atoms with Crippen LogP contribution in [0.3, 0.4) is 0 Å². The molecule has 20 heavy (non-hydrogen) atoms. The van der Waals surface area contributed by atoms with Crippen LogP contribution in [0.15, 0.2) is 24.3 Å². The molecule has 0 aliphatic carbocycles. The van der Waals surface area contributed by atoms with E-state index in [4.69, 9.17) is 4.74 Å². The van der Waals surface area contributed by atoms with E-state index in [9.17, 15) is 0 Å². The number of rotatable bonds is 4. The number of nitrogens with one attached hydrogen (secondary N) is 1. The third-order valence-corrected chi connectivity index (χ3v) is 4.25. The Morgan fingerprint density at radius 2 is 1.70 bits per heavy atom. The van der Waals surface area contributed by atoms with E-state index in [1.807, 2.05) is 0 Å². The Morgan fingerprint density at radius 1 is 1.10 bits per heavy atom. The maximum Gasteiger partial charge on any atom is 0.0471 e. The average Bonchev–Trinajstić information content (AvgIpc) is 2.40. The van der Waals surface area contributed by atoms with Crippen molar-refractivity contribution in [3.05, 3.63) is 35.4 Å². The smallest absolute Gasteiger partial charge is 0.0471 e. The molecule has 1 aromatic carbocycles. The van der Waals surface area contributed by atoms with Gasteiger partial charge in [-0.05, 0) is 57.9 Å². The number of hydrogen-bond acceptors (Lipinski definition) is 2. The van der Waals surface area contributed by atoms with Crippen LogP contribution in [0.4, 0.5) is 0 Å². The summed E-state index contributed by atoms with van der Waals surface area (Å²) >= 11 is 0. The van der Waals surface area contributed by atoms with Gasteiger partial charge in [-0.1, -0.05) is 29.8 Å². The normalized spacial score (nSPS) is 19.0. The Labute approximate surface area is 123 Å². The molecule has 2 nitrogen and oxygen atoms in total. The zero-order valence-corrected chi connectivity index (χ0v) is 13.5. The van der Waals surface area contributed by atoms with E-state index >= 15 is 0 Å². The maximum atomic E-state index is 5.59. The fourth-order valence-electron chi connectivity index (χ4n) is 2.81. The predicted octanol–water partition coefficient (Wildman–Crippen LogP) is 3.72. The molecule has 0 atom stereocenters. The van der Waals surface area contributed by atoms with Crippen molar-refractivity contribution in [2.45, 2.75) is 52.5 Å². The third kappa shape index (κ3) is 4.60. The van der Waals surface area contributed by atoms with Gasteiger partial charge in [0, 0.05) is 25.3 Å². The minimum Gasteiger partial charge on any atom is -0.381 e. The Bertz CT molecular complexity index is 410. The van der Waals surface area contributed by atoms with E-state index in [1.54, 1.807) is 0 Å². The van der Waals surface area contributed by atoms with Crippen molar-refractivity contribution in [1.29, 1.82) is 0 Å². The third-order valence-electron chi connectivity index (χ3n) is 4.25. The SMILES string of the molecule is Cc1ccc(CC2(CNC(C)(C)C)CCOCC2)cc1. The fraction of sp³-hybridized carbons (Fsp3) is 0.667. The van der Waals surface area contributed by atoms with E-state index in [-0.39, 0.29) is 5.54 Å². The molecule has 1 fully saturated rings. The first-order valence-corrected chi connectivity index (χ1v) is 7.77. The fourth-order valence-corrected chi connectivity index (χ4v) is 2.81. The summed E-state index contributed by atoms with van der Waals surface area (Å²) in [5.41, 5.74) is 3.31. The van der Waals surface area contributed by atoms with Gasteiger partial charge in [0.2, 0.25) is 0 Å². The zero-order chi connectivity index (χ0) is 14.6. The number of benzene rings is 1. The molecule has 0 unspecified atom stereocenters. The van der Waals surface area contributed by atoms with Crippen LogP contribution in [-0.2, 0) is 11.2 Å². The monoisotopic (exact) mass is 275 g/mol. The second kappa shape index (κ2) is 6.28. The summed E-state index contributed by atoms with van der Waals surface area (Å²) in [5.74, 6) is 0. The van der Waals surface area contributed by atoms with Crippen LogP contribution in [0.25, 0.3) is 0 Å². The minimum absolute atomic E-state index is 0.179. The molecular formula is C18H29NO. The van der Waals surface area contributed by atoms with Crippen LogP contribution in [0, 0.1) is 12.3 Å². The Balaban J connectivity index is 2.08. The lowest BCUT2D eigenvalue weighted by Gasteiger charge is -2.40. The van der Waals surface area contributed by atoms with Crippen molar-refractivity contribution in [1.82, 2.24) is 5.32 Å². The zero-order valence-electron chi connectivity index (χ0n) is 13.5. The van der Waals surface area contributed by atoms with Gasteiger partial charge in [0.15, 0.2) is 0 Å². The van der Waals surface area contributed by atoms with Crippen LogP contribution in [0.2, 0.25) is 0 Å². The van der Waals surface area contributed by atoms with E-state index in [2.05, 4.69) is 57.3 Å². The first-order valence-electron chi connectivity index (χ1n) is 7.77. The molecule has 0 amide bonds. The lowest BCUT2D eigenvalue weighted by molar-refractivity contribution is 0.0121. The number of hydrogen-bond donors (Lipinski definition) is 1. The molecule has 1 N–H and O–H groups in total. The molecule has 0 spiro atoms. The summed E-state index contributed by atoms with van der Waals surface area (Å²) in [6.07, 6.45) is 3.47. The Hall–Kier alpha value is -0.860. The summed E-state index contributed by atoms with van der Waals surface area (Å²) < 4.78 is 5.59. The molecule has 0 saturated carbocycles. The molecule has 1 aliphatic rings. The van der Waals surface area contributed by atoms with Gasteiger partial charge < -0.3 is 10.1 Å². The quantitative estimate of drug-likeness (QED) is 0.904. The predicted molar refractivity (Wildman–Crippen MR) is 85.1 cm³/mol. The van der Waals surface area contributed by atoms with Crippen molar-refractivity contribution in [2.75, 3.05) is 19.8 Å². The highest BCUT2D eigenvalue weighted by Gasteiger charge is 2.33. The molecule has 0 radical (unpaired) electrons. The first kappa shape index (κ1) is 15.5. The largest absolute Gasteiger partial charge is 0.381 e. The van der Waals surface area contributed by atoms with Gasteiger partial charge in [-0.2, -0.15) is 0 Å². The van der Waals surface area contributed by atoms with Crippen LogP contribution < -0.4 is 5.32 Å². The highest BCUT2D eigenvalue weighted by atomic mass is 16.5. The first-order chi connectivity index (χ1) is 9.39. The van der Waals surface area contributed by atoms with Gasteiger partial charge in [-0.3, -0.25) is 0 Å². The molecule has 2 rings (SSSR count). The Kier molecular flexibility index (Phi) is 4.87. The van der Waals surface area contributed by atoms with E-state index in [0.717, 1.165) is 39.0 Å². The minimum atomic E-state index is 0.179. The number of ether oxygens (including phenoxy) is 1. The lowest BCUT2D eigenvalue weighted by Crippen LogP contribution is -2.47. The van der Waals surface area contributed by atoms with Gasteiger partial charge in [0.1, 0.15) is 0 Å². The molecule has 0 aromatic heterocycles. The summed E-state index contributed by atoms with van der Waals surface area (Å²) in [5, 5.41) is 3.71. The van der Waals surface area contributed by atoms with Crippen molar-refractivity contribution in [2.24, 2.45) is 5.41 Å². The van der Waals surface area contributed by atoms with Crippen molar-refractivity contribution in [3.63, 3.8) is 0 Å². The van der Waals surface area contributed by atoms with Crippen LogP contribution in [0.1, 0.15) is 44.7 Å². The lowest BCUT2D eigenvalue weighted by atomic mass is 9.74. The molecule has 1 aliphatic heterocycles. The molecule has 2 heteroatoms. The van der Waals surface area contributed by atoms with Gasteiger partial charge in [0.05, 0.1) is 0 Å². The van der Waals surface area contributed by atoms with Crippen molar-refractivity contribution < 1.29 is 4.74 Å². The summed E-state index contributed by atoms with van der Waals surface area (Å²) in [6.45, 7) is 11.8. The van der Waals surface area contributed by atoms with E-state index in [0.29, 0.717) is 5.41 Å². The highest BCUT2D eigenvalue weighted by Crippen LogP contribution is 2.34. The summed E-state index contributed by atoms with van der Waals surface area (Å²) in [7, 11) is 0. The van der Waals surface area contributed by atoms with Gasteiger partial charge in [0.25, 0.3) is 0 Å². The van der Waals surface area contributed by atoms with Crippen LogP contribution in [-0.4, -0.2) is 25.3 Å². The van der Waals surface area contributed by atoms with Gasteiger partial charge in [-0.25, -0.2) is 0 Å². The van der Waals surface area contributed by atoms with Gasteiger partial charge in [-0.15, -0.1) is 0 Å². The number of aryl methyl sites for hydroxylation is 1. The molecule has 1 aromatic rings. The molecule has 112 valence electrons. The molecule has 1 saturated heterocycles. The van der Waals surface area contributed by atoms with Crippen molar-refractivity contribution >= 4 is 0 Å². The van der Waals surface area contributed by atoms with E-state index in [1.165, 1.54) is 11.1 Å². The second-order valence-corrected chi connectivity index (χ2v) is 7.38. The van der Waals surface area contributed by atoms with Crippen molar-refractivity contribution in [3.8, 4) is 0 Å². The van der Waals surface area contributed by atoms with Gasteiger partial charge >= 0.3 is 0 Å². The molecular weight excluding hydrogens is 246 g/mol. The molecule has 0 bridgehead atoms. The summed E-state index contributed by atoms with van der Waals surface area (Å²) in [4.78, 5) is 0. The van der Waals surface area contributed by atoms with Crippen LogP contribution >= 0.6 is 0 Å². The second-order valence-electron chi connectivity index (χ2n) is 7.38. The standard InChI is InChI=1S/C18H29NO/c1-15-5-7-16(8-6-15)13-18(9-11-20-12-10-18)14-19-17(2,3)4/h5-8,19H,9-14H2,1-4H3.